The lowest BCUT2D eigenvalue weighted by Gasteiger charge is -2.29. The van der Waals surface area contributed by atoms with Crippen LogP contribution in [0.3, 0.4) is 0 Å². The number of tetrazole rings is 1. The highest BCUT2D eigenvalue weighted by Gasteiger charge is 2.17. The first kappa shape index (κ1) is 20.1. The number of benzene rings is 1. The van der Waals surface area contributed by atoms with Gasteiger partial charge in [-0.1, -0.05) is 6.07 Å². The largest absolute Gasteiger partial charge is 0.379 e. The van der Waals surface area contributed by atoms with Gasteiger partial charge in [-0.25, -0.2) is 4.68 Å². The predicted octanol–water partition coefficient (Wildman–Crippen LogP) is 1.48. The van der Waals surface area contributed by atoms with Crippen LogP contribution in [0.2, 0.25) is 0 Å². The molecule has 1 N–H and O–H groups in total. The molecule has 0 saturated carbocycles. The number of nitrogens with zero attached hydrogens (tertiary/aromatic N) is 6. The Balaban J connectivity index is 1.57. The van der Waals surface area contributed by atoms with Gasteiger partial charge in [0, 0.05) is 43.0 Å². The third-order valence-corrected chi connectivity index (χ3v) is 5.01. The molecule has 3 heterocycles. The van der Waals surface area contributed by atoms with E-state index in [1.807, 2.05) is 44.3 Å². The average Bonchev–Trinajstić information content (AvgIpc) is 3.29. The van der Waals surface area contributed by atoms with Crippen LogP contribution in [0.15, 0.2) is 42.9 Å². The highest BCUT2D eigenvalue weighted by atomic mass is 16.5. The Morgan fingerprint density at radius 1 is 1.23 bits per heavy atom. The lowest BCUT2D eigenvalue weighted by Crippen LogP contribution is -2.46. The van der Waals surface area contributed by atoms with E-state index < -0.39 is 0 Å². The minimum absolute atomic E-state index is 0.00763. The van der Waals surface area contributed by atoms with Gasteiger partial charge in [0.05, 0.1) is 24.6 Å². The topological polar surface area (TPSA) is 98.1 Å². The average molecular weight is 407 g/mol. The maximum Gasteiger partial charge on any atom is 0.251 e. The fourth-order valence-corrected chi connectivity index (χ4v) is 3.46. The summed E-state index contributed by atoms with van der Waals surface area (Å²) in [5, 5.41) is 14.5. The maximum absolute atomic E-state index is 13.0. The van der Waals surface area contributed by atoms with Crippen LogP contribution in [0.25, 0.3) is 16.9 Å². The summed E-state index contributed by atoms with van der Waals surface area (Å²) in [6.07, 6.45) is 3.31. The van der Waals surface area contributed by atoms with Crippen molar-refractivity contribution in [2.45, 2.75) is 19.9 Å². The molecule has 0 bridgehead atoms. The molecular formula is C21H25N7O2. The fourth-order valence-electron chi connectivity index (χ4n) is 3.46. The van der Waals surface area contributed by atoms with Crippen LogP contribution < -0.4 is 5.32 Å². The number of hydrogen-bond acceptors (Lipinski definition) is 7. The van der Waals surface area contributed by atoms with Gasteiger partial charge in [0.2, 0.25) is 0 Å². The van der Waals surface area contributed by atoms with Crippen molar-refractivity contribution in [1.29, 1.82) is 0 Å². The lowest BCUT2D eigenvalue weighted by molar-refractivity contribution is 0.0342. The minimum atomic E-state index is -0.140. The van der Waals surface area contributed by atoms with Crippen molar-refractivity contribution in [3.8, 4) is 16.9 Å². The van der Waals surface area contributed by atoms with Crippen LogP contribution in [0.4, 0.5) is 0 Å². The second-order valence-electron chi connectivity index (χ2n) is 7.53. The molecule has 1 saturated heterocycles. The normalized spacial score (nSPS) is 15.7. The molecule has 1 fully saturated rings. The van der Waals surface area contributed by atoms with E-state index in [2.05, 4.69) is 30.7 Å². The highest BCUT2D eigenvalue weighted by molar-refractivity contribution is 5.96. The molecule has 9 heteroatoms. The zero-order valence-corrected chi connectivity index (χ0v) is 17.2. The minimum Gasteiger partial charge on any atom is -0.379 e. The van der Waals surface area contributed by atoms with E-state index in [9.17, 15) is 4.79 Å². The summed E-state index contributed by atoms with van der Waals surface area (Å²) < 4.78 is 6.92. The van der Waals surface area contributed by atoms with E-state index in [-0.39, 0.29) is 11.9 Å². The third kappa shape index (κ3) is 4.87. The van der Waals surface area contributed by atoms with E-state index in [4.69, 9.17) is 4.74 Å². The summed E-state index contributed by atoms with van der Waals surface area (Å²) in [5.74, 6) is -0.140. The maximum atomic E-state index is 13.0. The molecule has 9 nitrogen and oxygen atoms in total. The van der Waals surface area contributed by atoms with Gasteiger partial charge < -0.3 is 10.1 Å². The number of ether oxygens (including phenoxy) is 1. The Morgan fingerprint density at radius 2 is 2.07 bits per heavy atom. The molecule has 4 rings (SSSR count). The van der Waals surface area contributed by atoms with Crippen molar-refractivity contribution in [3.05, 3.63) is 54.0 Å². The zero-order valence-electron chi connectivity index (χ0n) is 17.2. The van der Waals surface area contributed by atoms with Crippen molar-refractivity contribution < 1.29 is 9.53 Å². The molecule has 0 radical (unpaired) electrons. The quantitative estimate of drug-likeness (QED) is 0.661. The SMILES string of the molecule is Cc1ccc(-c2cc(C(=O)NC(C)CN3CCOCC3)cc(-n3cnnn3)c2)nc1. The molecule has 1 aliphatic heterocycles. The van der Waals surface area contributed by atoms with E-state index in [0.717, 1.165) is 49.7 Å². The van der Waals surface area contributed by atoms with E-state index >= 15 is 0 Å². The first-order valence-corrected chi connectivity index (χ1v) is 10.0. The molecule has 0 spiro atoms. The van der Waals surface area contributed by atoms with Crippen molar-refractivity contribution in [2.24, 2.45) is 0 Å². The summed E-state index contributed by atoms with van der Waals surface area (Å²) in [6.45, 7) is 8.04. The smallest absolute Gasteiger partial charge is 0.251 e. The van der Waals surface area contributed by atoms with Gasteiger partial charge in [0.15, 0.2) is 0 Å². The number of rotatable bonds is 6. The van der Waals surface area contributed by atoms with E-state index in [1.165, 1.54) is 11.0 Å². The number of amides is 1. The Kier molecular flexibility index (Phi) is 6.10. The van der Waals surface area contributed by atoms with Crippen molar-refractivity contribution in [2.75, 3.05) is 32.8 Å². The number of carbonyl (C=O) groups is 1. The second-order valence-corrected chi connectivity index (χ2v) is 7.53. The standard InChI is InChI=1S/C21H25N7O2/c1-15-3-4-20(22-12-15)17-9-18(11-19(10-17)28-14-23-25-26-28)21(29)24-16(2)13-27-5-7-30-8-6-27/h3-4,9-12,14,16H,5-8,13H2,1-2H3,(H,24,29). The fraction of sp³-hybridized carbons (Fsp3) is 0.381. The van der Waals surface area contributed by atoms with Gasteiger partial charge in [-0.2, -0.15) is 0 Å². The number of carbonyl (C=O) groups excluding carboxylic acids is 1. The number of aryl methyl sites for hydroxylation is 1. The van der Waals surface area contributed by atoms with Crippen LogP contribution in [0, 0.1) is 6.92 Å². The van der Waals surface area contributed by atoms with Crippen molar-refractivity contribution in [1.82, 2.24) is 35.4 Å². The van der Waals surface area contributed by atoms with Gasteiger partial charge in [-0.15, -0.1) is 5.10 Å². The number of pyridine rings is 1. The van der Waals surface area contributed by atoms with Crippen LogP contribution in [0.1, 0.15) is 22.8 Å². The first-order valence-electron chi connectivity index (χ1n) is 10.0. The van der Waals surface area contributed by atoms with Crippen molar-refractivity contribution in [3.63, 3.8) is 0 Å². The van der Waals surface area contributed by atoms with Gasteiger partial charge in [0.1, 0.15) is 6.33 Å². The highest BCUT2D eigenvalue weighted by Crippen LogP contribution is 2.23. The Bertz CT molecular complexity index is 983. The number of morpholine rings is 1. The Morgan fingerprint density at radius 3 is 2.77 bits per heavy atom. The van der Waals surface area contributed by atoms with Gasteiger partial charge in [-0.3, -0.25) is 14.7 Å². The molecule has 2 aromatic heterocycles. The van der Waals surface area contributed by atoms with E-state index in [0.29, 0.717) is 11.3 Å². The van der Waals surface area contributed by atoms with Gasteiger partial charge in [-0.05, 0) is 54.1 Å². The molecule has 1 unspecified atom stereocenters. The molecule has 30 heavy (non-hydrogen) atoms. The second kappa shape index (κ2) is 9.10. The number of aromatic nitrogens is 5. The summed E-state index contributed by atoms with van der Waals surface area (Å²) in [6, 6.07) is 9.50. The van der Waals surface area contributed by atoms with Crippen LogP contribution in [-0.4, -0.2) is 74.9 Å². The van der Waals surface area contributed by atoms with Crippen LogP contribution in [0.5, 0.6) is 0 Å². The lowest BCUT2D eigenvalue weighted by atomic mass is 10.0. The number of nitrogens with one attached hydrogen (secondary N) is 1. The molecule has 1 amide bonds. The molecule has 1 atom stereocenters. The molecule has 1 aromatic carbocycles. The summed E-state index contributed by atoms with van der Waals surface area (Å²) in [5.41, 5.74) is 3.92. The predicted molar refractivity (Wildman–Crippen MR) is 111 cm³/mol. The van der Waals surface area contributed by atoms with E-state index in [1.54, 1.807) is 6.07 Å². The summed E-state index contributed by atoms with van der Waals surface area (Å²) in [7, 11) is 0. The molecule has 1 aliphatic rings. The van der Waals surface area contributed by atoms with Crippen LogP contribution in [-0.2, 0) is 4.74 Å². The molecule has 0 aliphatic carbocycles. The Hall–Kier alpha value is -3.17. The van der Waals surface area contributed by atoms with Crippen molar-refractivity contribution >= 4 is 5.91 Å². The zero-order chi connectivity index (χ0) is 20.9. The molecular weight excluding hydrogens is 382 g/mol. The third-order valence-electron chi connectivity index (χ3n) is 5.01. The van der Waals surface area contributed by atoms with Crippen LogP contribution >= 0.6 is 0 Å². The molecule has 156 valence electrons. The monoisotopic (exact) mass is 407 g/mol. The molecule has 3 aromatic rings. The first-order chi connectivity index (χ1) is 14.6. The number of hydrogen-bond donors (Lipinski definition) is 1. The summed E-state index contributed by atoms with van der Waals surface area (Å²) in [4.78, 5) is 19.8. The summed E-state index contributed by atoms with van der Waals surface area (Å²) >= 11 is 0. The van der Waals surface area contributed by atoms with Gasteiger partial charge >= 0.3 is 0 Å². The van der Waals surface area contributed by atoms with Gasteiger partial charge in [0.25, 0.3) is 5.91 Å². The Labute approximate surface area is 175 Å².